The Bertz CT molecular complexity index is 1050. The molecule has 1 atom stereocenters. The fourth-order valence-corrected chi connectivity index (χ4v) is 2.66. The minimum absolute atomic E-state index is 0.0838. The number of esters is 1. The molecule has 3 rings (SSSR count). The molecule has 1 amide bonds. The highest BCUT2D eigenvalue weighted by Gasteiger charge is 2.15. The Morgan fingerprint density at radius 2 is 2.00 bits per heavy atom. The van der Waals surface area contributed by atoms with E-state index >= 15 is 0 Å². The Labute approximate surface area is 165 Å². The minimum Gasteiger partial charge on any atom is -0.459 e. The van der Waals surface area contributed by atoms with E-state index in [9.17, 15) is 19.7 Å². The van der Waals surface area contributed by atoms with Gasteiger partial charge in [-0.25, -0.2) is 4.79 Å². The van der Waals surface area contributed by atoms with E-state index in [0.29, 0.717) is 11.3 Å². The van der Waals surface area contributed by atoms with Crippen LogP contribution in [0, 0.1) is 10.1 Å². The van der Waals surface area contributed by atoms with Crippen LogP contribution in [0.1, 0.15) is 24.3 Å². The lowest BCUT2D eigenvalue weighted by Gasteiger charge is -2.11. The molecule has 0 bridgehead atoms. The fraction of sp³-hybridized carbons (Fsp3) is 0.143. The summed E-state index contributed by atoms with van der Waals surface area (Å²) in [7, 11) is 0. The van der Waals surface area contributed by atoms with Gasteiger partial charge in [0.2, 0.25) is 0 Å². The summed E-state index contributed by atoms with van der Waals surface area (Å²) in [6, 6.07) is 14.7. The largest absolute Gasteiger partial charge is 0.459 e. The summed E-state index contributed by atoms with van der Waals surface area (Å²) in [5, 5.41) is 14.4. The number of ether oxygens (including phenoxy) is 1. The number of furan rings is 1. The smallest absolute Gasteiger partial charge is 0.331 e. The van der Waals surface area contributed by atoms with Gasteiger partial charge in [-0.3, -0.25) is 14.9 Å². The van der Waals surface area contributed by atoms with Gasteiger partial charge in [0.1, 0.15) is 11.3 Å². The number of nitrogens with one attached hydrogen (secondary N) is 1. The molecule has 0 fully saturated rings. The van der Waals surface area contributed by atoms with E-state index in [-0.39, 0.29) is 5.69 Å². The summed E-state index contributed by atoms with van der Waals surface area (Å²) in [4.78, 5) is 34.0. The molecule has 1 aromatic heterocycles. The SMILES string of the molecule is C[C@H](NC(=O)COC(=O)/C=C/c1cccc([N+](=O)[O-])c1)c1cc2ccccc2o1. The third kappa shape index (κ3) is 5.29. The third-order valence-corrected chi connectivity index (χ3v) is 4.09. The number of carbonyl (C=O) groups is 2. The number of hydrogen-bond donors (Lipinski definition) is 1. The number of hydrogen-bond acceptors (Lipinski definition) is 6. The molecule has 8 heteroatoms. The second-order valence-corrected chi connectivity index (χ2v) is 6.27. The topological polar surface area (TPSA) is 112 Å². The number of nitro groups is 1. The van der Waals surface area contributed by atoms with Crippen molar-refractivity contribution in [1.82, 2.24) is 5.32 Å². The van der Waals surface area contributed by atoms with Crippen molar-refractivity contribution in [3.8, 4) is 0 Å². The molecule has 0 radical (unpaired) electrons. The second-order valence-electron chi connectivity index (χ2n) is 6.27. The van der Waals surface area contributed by atoms with Crippen molar-refractivity contribution >= 4 is 34.6 Å². The van der Waals surface area contributed by atoms with E-state index in [2.05, 4.69) is 5.32 Å². The van der Waals surface area contributed by atoms with Crippen molar-refractivity contribution in [3.63, 3.8) is 0 Å². The molecule has 0 saturated heterocycles. The van der Waals surface area contributed by atoms with E-state index < -0.39 is 29.4 Å². The first-order valence-electron chi connectivity index (χ1n) is 8.79. The van der Waals surface area contributed by atoms with E-state index in [4.69, 9.17) is 9.15 Å². The molecule has 0 aliphatic heterocycles. The summed E-state index contributed by atoms with van der Waals surface area (Å²) in [6.07, 6.45) is 2.49. The van der Waals surface area contributed by atoms with Crippen LogP contribution in [0.4, 0.5) is 5.69 Å². The average Bonchev–Trinajstić information content (AvgIpc) is 3.15. The predicted molar refractivity (Wildman–Crippen MR) is 106 cm³/mol. The molecule has 148 valence electrons. The molecule has 0 aliphatic carbocycles. The van der Waals surface area contributed by atoms with Crippen LogP contribution < -0.4 is 5.32 Å². The van der Waals surface area contributed by atoms with Crippen LogP contribution in [-0.2, 0) is 14.3 Å². The Morgan fingerprint density at radius 3 is 2.76 bits per heavy atom. The second kappa shape index (κ2) is 8.83. The zero-order valence-electron chi connectivity index (χ0n) is 15.5. The lowest BCUT2D eigenvalue weighted by atomic mass is 10.2. The average molecular weight is 394 g/mol. The Morgan fingerprint density at radius 1 is 1.21 bits per heavy atom. The van der Waals surface area contributed by atoms with Gasteiger partial charge in [0, 0.05) is 23.6 Å². The molecule has 29 heavy (non-hydrogen) atoms. The number of amides is 1. The highest BCUT2D eigenvalue weighted by atomic mass is 16.6. The maximum absolute atomic E-state index is 12.0. The summed E-state index contributed by atoms with van der Waals surface area (Å²) in [5.41, 5.74) is 1.11. The van der Waals surface area contributed by atoms with E-state index in [1.54, 1.807) is 13.0 Å². The lowest BCUT2D eigenvalue weighted by Crippen LogP contribution is -2.30. The maximum Gasteiger partial charge on any atom is 0.331 e. The first-order valence-corrected chi connectivity index (χ1v) is 8.79. The highest BCUT2D eigenvalue weighted by molar-refractivity contribution is 5.89. The normalized spacial score (nSPS) is 12.0. The van der Waals surface area contributed by atoms with Gasteiger partial charge in [-0.1, -0.05) is 30.3 Å². The standard InChI is InChI=1S/C21H18N2O6/c1-14(19-12-16-6-2-3-8-18(16)29-19)22-20(24)13-28-21(25)10-9-15-5-4-7-17(11-15)23(26)27/h2-12,14H,13H2,1H3,(H,22,24)/b10-9+/t14-/m0/s1. The van der Waals surface area contributed by atoms with Crippen LogP contribution in [0.25, 0.3) is 17.0 Å². The van der Waals surface area contributed by atoms with Crippen molar-refractivity contribution in [2.75, 3.05) is 6.61 Å². The molecule has 1 N–H and O–H groups in total. The van der Waals surface area contributed by atoms with Gasteiger partial charge in [0.15, 0.2) is 6.61 Å². The van der Waals surface area contributed by atoms with Crippen LogP contribution in [0.15, 0.2) is 65.1 Å². The minimum atomic E-state index is -0.733. The van der Waals surface area contributed by atoms with Crippen LogP contribution in [0.2, 0.25) is 0 Å². The number of nitrogens with zero attached hydrogens (tertiary/aromatic N) is 1. The van der Waals surface area contributed by atoms with Crippen molar-refractivity contribution < 1.29 is 23.7 Å². The zero-order chi connectivity index (χ0) is 20.8. The fourth-order valence-electron chi connectivity index (χ4n) is 2.66. The first kappa shape index (κ1) is 19.8. The van der Waals surface area contributed by atoms with Crippen LogP contribution in [0.5, 0.6) is 0 Å². The summed E-state index contributed by atoms with van der Waals surface area (Å²) in [5.74, 6) is -0.616. The van der Waals surface area contributed by atoms with Crippen molar-refractivity contribution in [1.29, 1.82) is 0 Å². The molecule has 0 saturated carbocycles. The monoisotopic (exact) mass is 394 g/mol. The number of carbonyl (C=O) groups excluding carboxylic acids is 2. The quantitative estimate of drug-likeness (QED) is 0.282. The van der Waals surface area contributed by atoms with E-state index in [1.807, 2.05) is 30.3 Å². The summed E-state index contributed by atoms with van der Waals surface area (Å²) >= 11 is 0. The lowest BCUT2D eigenvalue weighted by molar-refractivity contribution is -0.384. The number of non-ortho nitro benzene ring substituents is 1. The molecule has 3 aromatic rings. The highest BCUT2D eigenvalue weighted by Crippen LogP contribution is 2.23. The first-order chi connectivity index (χ1) is 13.9. The summed E-state index contributed by atoms with van der Waals surface area (Å²) in [6.45, 7) is 1.31. The molecular formula is C21H18N2O6. The number of rotatable bonds is 7. The molecule has 0 aliphatic rings. The van der Waals surface area contributed by atoms with Crippen LogP contribution in [-0.4, -0.2) is 23.4 Å². The van der Waals surface area contributed by atoms with Crippen molar-refractivity contribution in [2.45, 2.75) is 13.0 Å². The van der Waals surface area contributed by atoms with Crippen LogP contribution >= 0.6 is 0 Å². The molecule has 8 nitrogen and oxygen atoms in total. The molecule has 1 heterocycles. The Kier molecular flexibility index (Phi) is 6.03. The van der Waals surface area contributed by atoms with Gasteiger partial charge in [-0.05, 0) is 30.7 Å². The van der Waals surface area contributed by atoms with Gasteiger partial charge in [-0.2, -0.15) is 0 Å². The Balaban J connectivity index is 1.50. The van der Waals surface area contributed by atoms with Gasteiger partial charge in [-0.15, -0.1) is 0 Å². The van der Waals surface area contributed by atoms with Crippen LogP contribution in [0.3, 0.4) is 0 Å². The van der Waals surface area contributed by atoms with Gasteiger partial charge >= 0.3 is 5.97 Å². The molecule has 0 spiro atoms. The van der Waals surface area contributed by atoms with Gasteiger partial charge < -0.3 is 14.5 Å². The molecule has 2 aromatic carbocycles. The number of benzene rings is 2. The third-order valence-electron chi connectivity index (χ3n) is 4.09. The maximum atomic E-state index is 12.0. The van der Waals surface area contributed by atoms with Crippen molar-refractivity contribution in [3.05, 3.63) is 82.1 Å². The van der Waals surface area contributed by atoms with Crippen molar-refractivity contribution in [2.24, 2.45) is 0 Å². The van der Waals surface area contributed by atoms with E-state index in [0.717, 1.165) is 17.0 Å². The number of para-hydroxylation sites is 1. The molecular weight excluding hydrogens is 376 g/mol. The predicted octanol–water partition coefficient (Wildman–Crippen LogP) is 3.77. The number of fused-ring (bicyclic) bond motifs is 1. The zero-order valence-corrected chi connectivity index (χ0v) is 15.5. The molecule has 0 unspecified atom stereocenters. The summed E-state index contributed by atoms with van der Waals surface area (Å²) < 4.78 is 10.6. The van der Waals surface area contributed by atoms with E-state index in [1.165, 1.54) is 24.3 Å². The Hall–Kier alpha value is -3.94. The van der Waals surface area contributed by atoms with Gasteiger partial charge in [0.25, 0.3) is 11.6 Å². The van der Waals surface area contributed by atoms with Gasteiger partial charge in [0.05, 0.1) is 11.0 Å². The number of nitro benzene ring substituents is 1.